The maximum absolute atomic E-state index is 5.82. The highest BCUT2D eigenvalue weighted by Gasteiger charge is 2.16. The molecule has 0 atom stereocenters. The first-order valence-corrected chi connectivity index (χ1v) is 8.52. The number of halogens is 1. The summed E-state index contributed by atoms with van der Waals surface area (Å²) in [5.41, 5.74) is 7.79. The second-order valence-corrected chi connectivity index (χ2v) is 6.58. The Morgan fingerprint density at radius 3 is 2.67 bits per heavy atom. The maximum atomic E-state index is 5.82. The van der Waals surface area contributed by atoms with Gasteiger partial charge >= 0.3 is 0 Å². The maximum Gasteiger partial charge on any atom is 0.229 e. The van der Waals surface area contributed by atoms with E-state index in [9.17, 15) is 0 Å². The number of benzene rings is 1. The molecule has 1 aliphatic rings. The normalized spacial score (nSPS) is 15.4. The van der Waals surface area contributed by atoms with Gasteiger partial charge in [-0.05, 0) is 41.2 Å². The van der Waals surface area contributed by atoms with Crippen LogP contribution in [-0.2, 0) is 0 Å². The predicted molar refractivity (Wildman–Crippen MR) is 100 cm³/mol. The number of nitrogens with one attached hydrogen (secondary N) is 1. The van der Waals surface area contributed by atoms with Gasteiger partial charge in [0.25, 0.3) is 0 Å². The molecule has 0 saturated carbocycles. The molecule has 2 aromatic rings. The first kappa shape index (κ1) is 16.8. The van der Waals surface area contributed by atoms with E-state index in [1.54, 1.807) is 13.3 Å². The van der Waals surface area contributed by atoms with Crippen LogP contribution in [0.25, 0.3) is 0 Å². The van der Waals surface area contributed by atoms with E-state index in [1.165, 1.54) is 0 Å². The van der Waals surface area contributed by atoms with E-state index >= 15 is 0 Å². The second-order valence-electron chi connectivity index (χ2n) is 5.73. The molecule has 7 nitrogen and oxygen atoms in total. The number of ether oxygens (including phenoxy) is 1. The quantitative estimate of drug-likeness (QED) is 0.825. The fourth-order valence-electron chi connectivity index (χ4n) is 2.62. The number of likely N-dealkylation sites (N-methyl/N-ethyl adjacent to an activating group) is 1. The minimum atomic E-state index is 0.390. The fraction of sp³-hybridized carbons (Fsp3) is 0.375. The van der Waals surface area contributed by atoms with Crippen LogP contribution in [0.5, 0.6) is 5.75 Å². The highest BCUT2D eigenvalue weighted by molar-refractivity contribution is 9.10. The van der Waals surface area contributed by atoms with Crippen molar-refractivity contribution in [2.75, 3.05) is 56.3 Å². The Morgan fingerprint density at radius 1 is 1.25 bits per heavy atom. The first-order chi connectivity index (χ1) is 11.6. The van der Waals surface area contributed by atoms with Crippen molar-refractivity contribution in [3.63, 3.8) is 0 Å². The van der Waals surface area contributed by atoms with Gasteiger partial charge in [0.1, 0.15) is 11.6 Å². The van der Waals surface area contributed by atoms with E-state index in [0.29, 0.717) is 16.2 Å². The van der Waals surface area contributed by atoms with Gasteiger partial charge in [-0.1, -0.05) is 0 Å². The van der Waals surface area contributed by atoms with E-state index in [2.05, 4.69) is 60.2 Å². The SMILES string of the molecule is COc1ccc(N2CCN(C)CC2)cc1Nc1ncc(Br)c(N)n1. The van der Waals surface area contributed by atoms with E-state index in [0.717, 1.165) is 43.3 Å². The lowest BCUT2D eigenvalue weighted by molar-refractivity contribution is 0.313. The summed E-state index contributed by atoms with van der Waals surface area (Å²) >= 11 is 3.30. The molecule has 0 spiro atoms. The molecule has 1 fully saturated rings. The molecule has 0 amide bonds. The molecule has 0 unspecified atom stereocenters. The molecular weight excluding hydrogens is 372 g/mol. The Kier molecular flexibility index (Phi) is 5.06. The van der Waals surface area contributed by atoms with Gasteiger partial charge in [-0.3, -0.25) is 0 Å². The Labute approximate surface area is 150 Å². The summed E-state index contributed by atoms with van der Waals surface area (Å²) in [4.78, 5) is 13.2. The largest absolute Gasteiger partial charge is 0.495 e. The molecule has 8 heteroatoms. The zero-order valence-electron chi connectivity index (χ0n) is 13.8. The number of aromatic nitrogens is 2. The van der Waals surface area contributed by atoms with Gasteiger partial charge in [0.15, 0.2) is 0 Å². The van der Waals surface area contributed by atoms with Crippen molar-refractivity contribution in [2.45, 2.75) is 0 Å². The average Bonchev–Trinajstić information content (AvgIpc) is 2.59. The minimum absolute atomic E-state index is 0.390. The summed E-state index contributed by atoms with van der Waals surface area (Å²) in [5.74, 6) is 1.56. The molecule has 0 aliphatic carbocycles. The van der Waals surface area contributed by atoms with Crippen LogP contribution in [0.15, 0.2) is 28.9 Å². The van der Waals surface area contributed by atoms with E-state index in [1.807, 2.05) is 6.07 Å². The van der Waals surface area contributed by atoms with Crippen LogP contribution in [0.1, 0.15) is 0 Å². The monoisotopic (exact) mass is 392 g/mol. The number of hydrogen-bond donors (Lipinski definition) is 2. The summed E-state index contributed by atoms with van der Waals surface area (Å²) < 4.78 is 6.12. The lowest BCUT2D eigenvalue weighted by Crippen LogP contribution is -2.44. The molecule has 128 valence electrons. The van der Waals surface area contributed by atoms with Crippen LogP contribution in [-0.4, -0.2) is 55.2 Å². The zero-order chi connectivity index (χ0) is 17.1. The topological polar surface area (TPSA) is 79.5 Å². The Hall–Kier alpha value is -2.06. The van der Waals surface area contributed by atoms with Crippen LogP contribution in [0.3, 0.4) is 0 Å². The molecule has 1 saturated heterocycles. The number of rotatable bonds is 4. The van der Waals surface area contributed by atoms with Crippen molar-refractivity contribution in [3.05, 3.63) is 28.9 Å². The molecule has 1 aromatic heterocycles. The van der Waals surface area contributed by atoms with Crippen LogP contribution in [0, 0.1) is 0 Å². The third-order valence-electron chi connectivity index (χ3n) is 4.07. The van der Waals surface area contributed by atoms with Crippen molar-refractivity contribution >= 4 is 39.1 Å². The lowest BCUT2D eigenvalue weighted by atomic mass is 10.2. The van der Waals surface area contributed by atoms with Crippen LogP contribution < -0.4 is 20.7 Å². The summed E-state index contributed by atoms with van der Waals surface area (Å²) in [6.07, 6.45) is 1.63. The zero-order valence-corrected chi connectivity index (χ0v) is 15.4. The minimum Gasteiger partial charge on any atom is -0.495 e. The average molecular weight is 393 g/mol. The van der Waals surface area contributed by atoms with E-state index < -0.39 is 0 Å². The molecular formula is C16H21BrN6O. The number of nitrogen functional groups attached to an aromatic ring is 1. The van der Waals surface area contributed by atoms with Crippen LogP contribution in [0.4, 0.5) is 23.1 Å². The Balaban J connectivity index is 1.85. The Morgan fingerprint density at radius 2 is 2.00 bits per heavy atom. The predicted octanol–water partition coefficient (Wildman–Crippen LogP) is 2.33. The fourth-order valence-corrected chi connectivity index (χ4v) is 2.81. The van der Waals surface area contributed by atoms with Crippen molar-refractivity contribution in [1.29, 1.82) is 0 Å². The van der Waals surface area contributed by atoms with Crippen LogP contribution >= 0.6 is 15.9 Å². The third kappa shape index (κ3) is 3.70. The van der Waals surface area contributed by atoms with Crippen molar-refractivity contribution < 1.29 is 4.74 Å². The van der Waals surface area contributed by atoms with Crippen molar-refractivity contribution in [3.8, 4) is 5.75 Å². The molecule has 0 bridgehead atoms. The van der Waals surface area contributed by atoms with Gasteiger partial charge in [0, 0.05) is 38.1 Å². The van der Waals surface area contributed by atoms with E-state index in [4.69, 9.17) is 10.5 Å². The molecule has 24 heavy (non-hydrogen) atoms. The molecule has 0 radical (unpaired) electrons. The van der Waals surface area contributed by atoms with Gasteiger partial charge < -0.3 is 25.6 Å². The standard InChI is InChI=1S/C16H21BrN6O/c1-22-5-7-23(8-6-22)11-3-4-14(24-2)13(9-11)20-16-19-10-12(17)15(18)21-16/h3-4,9-10H,5-8H2,1-2H3,(H3,18,19,20,21). The lowest BCUT2D eigenvalue weighted by Gasteiger charge is -2.34. The molecule has 3 N–H and O–H groups in total. The van der Waals surface area contributed by atoms with Gasteiger partial charge in [-0.25, -0.2) is 4.98 Å². The highest BCUT2D eigenvalue weighted by atomic mass is 79.9. The summed E-state index contributed by atoms with van der Waals surface area (Å²) in [6.45, 7) is 4.12. The smallest absolute Gasteiger partial charge is 0.229 e. The van der Waals surface area contributed by atoms with Crippen LogP contribution in [0.2, 0.25) is 0 Å². The number of anilines is 4. The van der Waals surface area contributed by atoms with Gasteiger partial charge in [0.05, 0.1) is 17.3 Å². The first-order valence-electron chi connectivity index (χ1n) is 7.73. The van der Waals surface area contributed by atoms with E-state index in [-0.39, 0.29) is 0 Å². The van der Waals surface area contributed by atoms with Gasteiger partial charge in [-0.2, -0.15) is 4.98 Å². The van der Waals surface area contributed by atoms with Crippen molar-refractivity contribution in [1.82, 2.24) is 14.9 Å². The number of nitrogens with zero attached hydrogens (tertiary/aromatic N) is 4. The third-order valence-corrected chi connectivity index (χ3v) is 4.68. The summed E-state index contributed by atoms with van der Waals surface area (Å²) in [5, 5.41) is 3.19. The summed E-state index contributed by atoms with van der Waals surface area (Å²) in [7, 11) is 3.79. The van der Waals surface area contributed by atoms with Gasteiger partial charge in [0.2, 0.25) is 5.95 Å². The molecule has 2 heterocycles. The number of nitrogens with two attached hydrogens (primary N) is 1. The number of piperazine rings is 1. The highest BCUT2D eigenvalue weighted by Crippen LogP contribution is 2.32. The molecule has 1 aromatic carbocycles. The number of hydrogen-bond acceptors (Lipinski definition) is 7. The van der Waals surface area contributed by atoms with Crippen molar-refractivity contribution in [2.24, 2.45) is 0 Å². The molecule has 3 rings (SSSR count). The second kappa shape index (κ2) is 7.23. The molecule has 1 aliphatic heterocycles. The van der Waals surface area contributed by atoms with Gasteiger partial charge in [-0.15, -0.1) is 0 Å². The Bertz CT molecular complexity index is 718. The number of methoxy groups -OCH3 is 1. The summed E-state index contributed by atoms with van der Waals surface area (Å²) in [6, 6.07) is 6.09.